The van der Waals surface area contributed by atoms with Crippen LogP contribution in [0.15, 0.2) is 34.1 Å². The van der Waals surface area contributed by atoms with Gasteiger partial charge in [-0.3, -0.25) is 0 Å². The number of rotatable bonds is 6. The zero-order chi connectivity index (χ0) is 18.4. The van der Waals surface area contributed by atoms with Crippen LogP contribution in [0.1, 0.15) is 36.3 Å². The second-order valence-electron chi connectivity index (χ2n) is 5.51. The van der Waals surface area contributed by atoms with Crippen LogP contribution in [0, 0.1) is 0 Å². The van der Waals surface area contributed by atoms with Gasteiger partial charge in [-0.2, -0.15) is 0 Å². The number of aromatic nitrogens is 1. The molecular weight excluding hydrogens is 406 g/mol. The summed E-state index contributed by atoms with van der Waals surface area (Å²) in [6.45, 7) is 6.24. The average Bonchev–Trinajstić information content (AvgIpc) is 3.03. The summed E-state index contributed by atoms with van der Waals surface area (Å²) in [6.07, 6.45) is 0. The van der Waals surface area contributed by atoms with Crippen molar-refractivity contribution >= 4 is 45.0 Å². The standard InChI is InChI=1S/C17H20BrN3O3S/c1-4-24-16(22)14-10-25-15(20-14)9-21(11(2)3)17(23)19-13-7-5-12(18)6-8-13/h5-8,10-11H,4,9H2,1-3H3,(H,19,23). The van der Waals surface area contributed by atoms with Gasteiger partial charge in [0.25, 0.3) is 0 Å². The second-order valence-corrected chi connectivity index (χ2v) is 7.36. The van der Waals surface area contributed by atoms with Crippen molar-refractivity contribution in [1.29, 1.82) is 0 Å². The maximum atomic E-state index is 12.6. The van der Waals surface area contributed by atoms with E-state index < -0.39 is 5.97 Å². The first-order valence-electron chi connectivity index (χ1n) is 7.85. The Hall–Kier alpha value is -1.93. The highest BCUT2D eigenvalue weighted by Gasteiger charge is 2.20. The smallest absolute Gasteiger partial charge is 0.357 e. The topological polar surface area (TPSA) is 71.5 Å². The molecule has 0 aliphatic heterocycles. The molecule has 0 fully saturated rings. The van der Waals surface area contributed by atoms with Crippen molar-refractivity contribution in [2.24, 2.45) is 0 Å². The Morgan fingerprint density at radius 1 is 1.32 bits per heavy atom. The molecule has 0 saturated carbocycles. The zero-order valence-electron chi connectivity index (χ0n) is 14.3. The number of nitrogens with one attached hydrogen (secondary N) is 1. The Kier molecular flexibility index (Phi) is 6.95. The minimum absolute atomic E-state index is 0.0228. The van der Waals surface area contributed by atoms with Gasteiger partial charge in [0.2, 0.25) is 0 Å². The number of ether oxygens (including phenoxy) is 1. The van der Waals surface area contributed by atoms with Gasteiger partial charge < -0.3 is 15.0 Å². The molecule has 2 aromatic rings. The van der Waals surface area contributed by atoms with E-state index in [2.05, 4.69) is 26.2 Å². The van der Waals surface area contributed by atoms with Gasteiger partial charge in [0.05, 0.1) is 13.2 Å². The van der Waals surface area contributed by atoms with Gasteiger partial charge in [0, 0.05) is 21.6 Å². The highest BCUT2D eigenvalue weighted by Crippen LogP contribution is 2.18. The Morgan fingerprint density at radius 3 is 2.60 bits per heavy atom. The van der Waals surface area contributed by atoms with Crippen molar-refractivity contribution in [3.05, 3.63) is 44.8 Å². The summed E-state index contributed by atoms with van der Waals surface area (Å²) in [5, 5.41) is 5.21. The summed E-state index contributed by atoms with van der Waals surface area (Å²) < 4.78 is 5.88. The molecule has 0 bridgehead atoms. The summed E-state index contributed by atoms with van der Waals surface area (Å²) in [4.78, 5) is 30.2. The third-order valence-electron chi connectivity index (χ3n) is 3.32. The Balaban J connectivity index is 2.06. The number of halogens is 1. The molecule has 0 unspecified atom stereocenters. The van der Waals surface area contributed by atoms with Crippen molar-refractivity contribution in [2.45, 2.75) is 33.4 Å². The molecule has 0 spiro atoms. The van der Waals surface area contributed by atoms with E-state index in [-0.39, 0.29) is 17.8 Å². The van der Waals surface area contributed by atoms with Crippen molar-refractivity contribution in [3.8, 4) is 0 Å². The van der Waals surface area contributed by atoms with Crippen LogP contribution in [0.25, 0.3) is 0 Å². The monoisotopic (exact) mass is 425 g/mol. The molecule has 0 saturated heterocycles. The van der Waals surface area contributed by atoms with Crippen LogP contribution < -0.4 is 5.32 Å². The summed E-state index contributed by atoms with van der Waals surface area (Å²) in [7, 11) is 0. The quantitative estimate of drug-likeness (QED) is 0.690. The van der Waals surface area contributed by atoms with Crippen molar-refractivity contribution in [2.75, 3.05) is 11.9 Å². The highest BCUT2D eigenvalue weighted by molar-refractivity contribution is 9.10. The molecule has 134 valence electrons. The van der Waals surface area contributed by atoms with E-state index in [1.165, 1.54) is 11.3 Å². The van der Waals surface area contributed by atoms with E-state index in [0.29, 0.717) is 23.8 Å². The summed E-state index contributed by atoms with van der Waals surface area (Å²) in [5.74, 6) is -0.444. The van der Waals surface area contributed by atoms with Crippen LogP contribution in [0.5, 0.6) is 0 Å². The Labute approximate surface area is 159 Å². The molecule has 2 amide bonds. The molecule has 6 nitrogen and oxygen atoms in total. The van der Waals surface area contributed by atoms with Gasteiger partial charge in [-0.1, -0.05) is 15.9 Å². The minimum atomic E-state index is -0.444. The molecule has 1 N–H and O–H groups in total. The number of hydrogen-bond acceptors (Lipinski definition) is 5. The van der Waals surface area contributed by atoms with Gasteiger partial charge >= 0.3 is 12.0 Å². The van der Waals surface area contributed by atoms with Gasteiger partial charge in [-0.15, -0.1) is 11.3 Å². The molecule has 0 atom stereocenters. The number of amides is 2. The third-order valence-corrected chi connectivity index (χ3v) is 4.68. The lowest BCUT2D eigenvalue weighted by atomic mass is 10.3. The number of carbonyl (C=O) groups excluding carboxylic acids is 2. The number of nitrogens with zero attached hydrogens (tertiary/aromatic N) is 2. The number of esters is 1. The molecule has 0 aliphatic carbocycles. The lowest BCUT2D eigenvalue weighted by molar-refractivity contribution is 0.0520. The molecule has 1 heterocycles. The van der Waals surface area contributed by atoms with Gasteiger partial charge in [0.15, 0.2) is 5.69 Å². The van der Waals surface area contributed by atoms with Crippen molar-refractivity contribution in [1.82, 2.24) is 9.88 Å². The molecule has 25 heavy (non-hydrogen) atoms. The average molecular weight is 426 g/mol. The first-order valence-corrected chi connectivity index (χ1v) is 9.52. The summed E-state index contributed by atoms with van der Waals surface area (Å²) in [6, 6.07) is 7.13. The lowest BCUT2D eigenvalue weighted by Gasteiger charge is -2.26. The fourth-order valence-electron chi connectivity index (χ4n) is 2.05. The molecule has 8 heteroatoms. The van der Waals surface area contributed by atoms with Crippen LogP contribution in [0.2, 0.25) is 0 Å². The van der Waals surface area contributed by atoms with E-state index in [9.17, 15) is 9.59 Å². The largest absolute Gasteiger partial charge is 0.461 e. The van der Waals surface area contributed by atoms with Crippen LogP contribution in [0.3, 0.4) is 0 Å². The number of urea groups is 1. The minimum Gasteiger partial charge on any atom is -0.461 e. The number of thiazole rings is 1. The number of carbonyl (C=O) groups is 2. The van der Waals surface area contributed by atoms with Crippen LogP contribution in [0.4, 0.5) is 10.5 Å². The molecular formula is C17H20BrN3O3S. The Morgan fingerprint density at radius 2 is 2.00 bits per heavy atom. The predicted molar refractivity (Wildman–Crippen MR) is 102 cm³/mol. The number of hydrogen-bond donors (Lipinski definition) is 1. The normalized spacial score (nSPS) is 10.6. The van der Waals surface area contributed by atoms with E-state index in [1.807, 2.05) is 38.1 Å². The van der Waals surface area contributed by atoms with Crippen molar-refractivity contribution < 1.29 is 14.3 Å². The van der Waals surface area contributed by atoms with Crippen LogP contribution in [-0.4, -0.2) is 34.5 Å². The van der Waals surface area contributed by atoms with Crippen LogP contribution >= 0.6 is 27.3 Å². The first-order chi connectivity index (χ1) is 11.9. The zero-order valence-corrected chi connectivity index (χ0v) is 16.7. The van der Waals surface area contributed by atoms with E-state index in [0.717, 1.165) is 4.47 Å². The fourth-order valence-corrected chi connectivity index (χ4v) is 3.07. The fraction of sp³-hybridized carbons (Fsp3) is 0.353. The Bertz CT molecular complexity index is 731. The summed E-state index contributed by atoms with van der Waals surface area (Å²) in [5.41, 5.74) is 0.990. The SMILES string of the molecule is CCOC(=O)c1csc(CN(C(=O)Nc2ccc(Br)cc2)C(C)C)n1. The van der Waals surface area contributed by atoms with Gasteiger partial charge in [-0.25, -0.2) is 14.6 Å². The lowest BCUT2D eigenvalue weighted by Crippen LogP contribution is -2.39. The van der Waals surface area contributed by atoms with E-state index >= 15 is 0 Å². The van der Waals surface area contributed by atoms with E-state index in [4.69, 9.17) is 4.74 Å². The first kappa shape index (κ1) is 19.4. The molecule has 1 aromatic carbocycles. The van der Waals surface area contributed by atoms with E-state index in [1.54, 1.807) is 17.2 Å². The molecule has 0 radical (unpaired) electrons. The van der Waals surface area contributed by atoms with Gasteiger partial charge in [-0.05, 0) is 45.0 Å². The van der Waals surface area contributed by atoms with Crippen molar-refractivity contribution in [3.63, 3.8) is 0 Å². The highest BCUT2D eigenvalue weighted by atomic mass is 79.9. The van der Waals surface area contributed by atoms with Crippen LogP contribution in [-0.2, 0) is 11.3 Å². The maximum Gasteiger partial charge on any atom is 0.357 e. The second kappa shape index (κ2) is 8.96. The maximum absolute atomic E-state index is 12.6. The van der Waals surface area contributed by atoms with Gasteiger partial charge in [0.1, 0.15) is 5.01 Å². The predicted octanol–water partition coefficient (Wildman–Crippen LogP) is 4.52. The molecule has 2 rings (SSSR count). The molecule has 0 aliphatic rings. The summed E-state index contributed by atoms with van der Waals surface area (Å²) >= 11 is 4.70. The number of benzene rings is 1. The third kappa shape index (κ3) is 5.54. The molecule has 1 aromatic heterocycles. The number of anilines is 1.